The van der Waals surface area contributed by atoms with Gasteiger partial charge in [0, 0.05) is 5.57 Å². The van der Waals surface area contributed by atoms with Gasteiger partial charge in [0.2, 0.25) is 0 Å². The zero-order valence-corrected chi connectivity index (χ0v) is 10.7. The van der Waals surface area contributed by atoms with Gasteiger partial charge in [0.15, 0.2) is 0 Å². The third-order valence-corrected chi connectivity index (χ3v) is 2.62. The van der Waals surface area contributed by atoms with E-state index in [2.05, 4.69) is 21.0 Å². The van der Waals surface area contributed by atoms with Crippen molar-refractivity contribution in [3.63, 3.8) is 0 Å². The Labute approximate surface area is 93.3 Å². The van der Waals surface area contributed by atoms with Crippen molar-refractivity contribution in [3.05, 3.63) is 11.6 Å². The molecule has 0 radical (unpaired) electrons. The summed E-state index contributed by atoms with van der Waals surface area (Å²) in [5, 5.41) is 0. The number of likely N-dealkylation sites (N-methyl/N-ethyl adjacent to an activating group) is 1. The van der Waals surface area contributed by atoms with E-state index in [4.69, 9.17) is 4.74 Å². The molecule has 0 amide bonds. The fraction of sp³-hybridized carbons (Fsp3) is 0.750. The van der Waals surface area contributed by atoms with Crippen molar-refractivity contribution in [2.24, 2.45) is 0 Å². The van der Waals surface area contributed by atoms with Gasteiger partial charge in [-0.15, -0.1) is 0 Å². The lowest BCUT2D eigenvalue weighted by Gasteiger charge is -2.27. The Morgan fingerprint density at radius 2 is 1.93 bits per heavy atom. The third-order valence-electron chi connectivity index (χ3n) is 2.62. The number of carbonyl (C=O) groups excluding carboxylic acids is 1. The predicted molar refractivity (Wildman–Crippen MR) is 62.5 cm³/mol. The van der Waals surface area contributed by atoms with Crippen LogP contribution in [-0.4, -0.2) is 44.2 Å². The molecule has 0 aliphatic heterocycles. The van der Waals surface area contributed by atoms with Crippen LogP contribution in [0.1, 0.15) is 27.2 Å². The lowest BCUT2D eigenvalue weighted by molar-refractivity contribution is -0.888. The predicted octanol–water partition coefficient (Wildman–Crippen LogP) is 1.98. The maximum atomic E-state index is 11.4. The second-order valence-electron chi connectivity index (χ2n) is 4.41. The van der Waals surface area contributed by atoms with Crippen molar-refractivity contribution >= 4 is 5.97 Å². The van der Waals surface area contributed by atoms with Crippen molar-refractivity contribution < 1.29 is 14.0 Å². The van der Waals surface area contributed by atoms with E-state index in [-0.39, 0.29) is 5.97 Å². The van der Waals surface area contributed by atoms with Crippen LogP contribution in [0.15, 0.2) is 11.6 Å². The molecular weight excluding hydrogens is 190 g/mol. The molecule has 0 saturated carbocycles. The Bertz CT molecular complexity index is 232. The van der Waals surface area contributed by atoms with Crippen LogP contribution in [0.3, 0.4) is 0 Å². The molecule has 88 valence electrons. The number of hydrogen-bond donors (Lipinski definition) is 0. The van der Waals surface area contributed by atoms with Crippen molar-refractivity contribution in [2.45, 2.75) is 27.2 Å². The van der Waals surface area contributed by atoms with Gasteiger partial charge in [-0.2, -0.15) is 0 Å². The molecule has 3 heteroatoms. The number of allylic oxidation sites excluding steroid dienone is 1. The molecule has 0 rings (SSSR count). The van der Waals surface area contributed by atoms with Crippen LogP contribution >= 0.6 is 0 Å². The van der Waals surface area contributed by atoms with E-state index < -0.39 is 0 Å². The molecule has 0 aromatic carbocycles. The molecule has 0 aliphatic carbocycles. The summed E-state index contributed by atoms with van der Waals surface area (Å²) < 4.78 is 6.05. The van der Waals surface area contributed by atoms with E-state index in [0.717, 1.165) is 24.0 Å². The molecule has 0 N–H and O–H groups in total. The second-order valence-corrected chi connectivity index (χ2v) is 4.41. The lowest BCUT2D eigenvalue weighted by Crippen LogP contribution is -2.42. The maximum Gasteiger partial charge on any atom is 0.333 e. The van der Waals surface area contributed by atoms with E-state index in [0.29, 0.717) is 12.2 Å². The Kier molecular flexibility index (Phi) is 6.25. The Balaban J connectivity index is 3.88. The van der Waals surface area contributed by atoms with E-state index in [1.54, 1.807) is 6.92 Å². The van der Waals surface area contributed by atoms with Crippen LogP contribution in [0.4, 0.5) is 0 Å². The molecule has 0 fully saturated rings. The zero-order chi connectivity index (χ0) is 11.9. The molecule has 0 heterocycles. The minimum absolute atomic E-state index is 0.187. The summed E-state index contributed by atoms with van der Waals surface area (Å²) in [6, 6.07) is 0. The first-order valence-corrected chi connectivity index (χ1v) is 5.58. The molecule has 15 heavy (non-hydrogen) atoms. The van der Waals surface area contributed by atoms with Gasteiger partial charge < -0.3 is 9.22 Å². The van der Waals surface area contributed by atoms with Crippen molar-refractivity contribution in [3.8, 4) is 0 Å². The summed E-state index contributed by atoms with van der Waals surface area (Å²) in [6.07, 6.45) is 2.76. The summed E-state index contributed by atoms with van der Waals surface area (Å²) in [5.74, 6) is -0.187. The number of carbonyl (C=O) groups is 1. The number of hydrogen-bond acceptors (Lipinski definition) is 2. The van der Waals surface area contributed by atoms with E-state index in [9.17, 15) is 4.79 Å². The van der Waals surface area contributed by atoms with Gasteiger partial charge in [0.1, 0.15) is 13.2 Å². The molecule has 0 aromatic rings. The fourth-order valence-electron chi connectivity index (χ4n) is 1.05. The van der Waals surface area contributed by atoms with E-state index in [1.165, 1.54) is 0 Å². The molecule has 0 bridgehead atoms. The first-order valence-electron chi connectivity index (χ1n) is 5.58. The molecule has 0 atom stereocenters. The highest BCUT2D eigenvalue weighted by Crippen LogP contribution is 2.00. The highest BCUT2D eigenvalue weighted by molar-refractivity contribution is 5.87. The quantitative estimate of drug-likeness (QED) is 0.384. The molecule has 0 spiro atoms. The van der Waals surface area contributed by atoms with Gasteiger partial charge in [0.25, 0.3) is 0 Å². The maximum absolute atomic E-state index is 11.4. The summed E-state index contributed by atoms with van der Waals surface area (Å²) in [6.45, 7) is 8.33. The summed E-state index contributed by atoms with van der Waals surface area (Å²) >= 11 is 0. The van der Waals surface area contributed by atoms with E-state index >= 15 is 0 Å². The Hall–Kier alpha value is -0.830. The van der Waals surface area contributed by atoms with Gasteiger partial charge in [0.05, 0.1) is 20.6 Å². The SMILES string of the molecule is CCC=C(C)C(=O)OCC[N+](C)(C)CC. The van der Waals surface area contributed by atoms with Gasteiger partial charge >= 0.3 is 5.97 Å². The molecular formula is C12H24NO2+. The smallest absolute Gasteiger partial charge is 0.333 e. The minimum Gasteiger partial charge on any atom is -0.456 e. The van der Waals surface area contributed by atoms with Gasteiger partial charge in [-0.05, 0) is 20.3 Å². The standard InChI is InChI=1S/C12H24NO2/c1-6-8-11(3)12(14)15-10-9-13(4,5)7-2/h8H,6-7,9-10H2,1-5H3/q+1. The number of rotatable bonds is 6. The first kappa shape index (κ1) is 14.2. The van der Waals surface area contributed by atoms with Crippen LogP contribution in [0.2, 0.25) is 0 Å². The van der Waals surface area contributed by atoms with Crippen molar-refractivity contribution in [2.75, 3.05) is 33.8 Å². The summed E-state index contributed by atoms with van der Waals surface area (Å²) in [4.78, 5) is 11.4. The molecule has 0 aromatic heterocycles. The van der Waals surface area contributed by atoms with Crippen LogP contribution in [0, 0.1) is 0 Å². The Morgan fingerprint density at radius 1 is 1.33 bits per heavy atom. The van der Waals surface area contributed by atoms with Crippen molar-refractivity contribution in [1.82, 2.24) is 0 Å². The normalized spacial score (nSPS) is 12.7. The van der Waals surface area contributed by atoms with Crippen LogP contribution in [0.25, 0.3) is 0 Å². The number of quaternary nitrogens is 1. The van der Waals surface area contributed by atoms with Crippen molar-refractivity contribution in [1.29, 1.82) is 0 Å². The average Bonchev–Trinajstić information content (AvgIpc) is 2.18. The largest absolute Gasteiger partial charge is 0.456 e. The first-order chi connectivity index (χ1) is 6.93. The Morgan fingerprint density at radius 3 is 2.40 bits per heavy atom. The summed E-state index contributed by atoms with van der Waals surface area (Å²) in [5.41, 5.74) is 0.708. The lowest BCUT2D eigenvalue weighted by atomic mass is 10.2. The van der Waals surface area contributed by atoms with Crippen LogP contribution in [0.5, 0.6) is 0 Å². The minimum atomic E-state index is -0.187. The fourth-order valence-corrected chi connectivity index (χ4v) is 1.05. The number of ether oxygens (including phenoxy) is 1. The average molecular weight is 214 g/mol. The highest BCUT2D eigenvalue weighted by atomic mass is 16.5. The molecule has 0 unspecified atom stereocenters. The van der Waals surface area contributed by atoms with Crippen LogP contribution in [-0.2, 0) is 9.53 Å². The molecule has 0 aliphatic rings. The van der Waals surface area contributed by atoms with Gasteiger partial charge in [-0.25, -0.2) is 4.79 Å². The monoisotopic (exact) mass is 214 g/mol. The van der Waals surface area contributed by atoms with Crippen LogP contribution < -0.4 is 0 Å². The number of nitrogens with zero attached hydrogens (tertiary/aromatic N) is 1. The number of esters is 1. The molecule has 3 nitrogen and oxygen atoms in total. The third kappa shape index (κ3) is 6.28. The van der Waals surface area contributed by atoms with Gasteiger partial charge in [-0.1, -0.05) is 13.0 Å². The molecule has 0 saturated heterocycles. The van der Waals surface area contributed by atoms with E-state index in [1.807, 2.05) is 13.0 Å². The second kappa shape index (κ2) is 6.62. The topological polar surface area (TPSA) is 26.3 Å². The summed E-state index contributed by atoms with van der Waals surface area (Å²) in [7, 11) is 4.26. The zero-order valence-electron chi connectivity index (χ0n) is 10.7. The highest BCUT2D eigenvalue weighted by Gasteiger charge is 2.13. The van der Waals surface area contributed by atoms with Gasteiger partial charge in [-0.3, -0.25) is 0 Å².